The van der Waals surface area contributed by atoms with Crippen molar-refractivity contribution in [3.8, 4) is 11.5 Å². The predicted molar refractivity (Wildman–Crippen MR) is 103 cm³/mol. The summed E-state index contributed by atoms with van der Waals surface area (Å²) in [5.74, 6) is 0.628. The molecule has 8 nitrogen and oxygen atoms in total. The van der Waals surface area contributed by atoms with Crippen molar-refractivity contribution in [3.05, 3.63) is 59.6 Å². The van der Waals surface area contributed by atoms with Crippen molar-refractivity contribution in [2.45, 2.75) is 6.54 Å². The fraction of sp³-hybridized carbons (Fsp3) is 0.158. The van der Waals surface area contributed by atoms with Gasteiger partial charge in [0.1, 0.15) is 11.5 Å². The lowest BCUT2D eigenvalue weighted by molar-refractivity contribution is 0.262. The van der Waals surface area contributed by atoms with Crippen molar-refractivity contribution in [2.24, 2.45) is 0 Å². The molecule has 0 aliphatic carbocycles. The Kier molecular flexibility index (Phi) is 5.16. The number of hydrogen-bond acceptors (Lipinski definition) is 5. The molecule has 3 aromatic rings. The molecule has 0 radical (unpaired) electrons. The van der Waals surface area contributed by atoms with Crippen LogP contribution in [0.4, 0.5) is 16.2 Å². The van der Waals surface area contributed by atoms with Crippen LogP contribution in [0.5, 0.6) is 11.5 Å². The number of nitrogens with zero attached hydrogens (tertiary/aromatic N) is 1. The number of ether oxygens (including phenoxy) is 2. The molecule has 2 N–H and O–H groups in total. The normalized spacial score (nSPS) is 10.4. The SMILES string of the molecule is C=CCn1c(=O)oc2cc(NC(=O)Nc3cc(OC)cc(OC)c3)ccc21. The van der Waals surface area contributed by atoms with Gasteiger partial charge in [0, 0.05) is 42.2 Å². The molecule has 1 aromatic heterocycles. The minimum absolute atomic E-state index is 0.344. The third-order valence-corrected chi connectivity index (χ3v) is 3.85. The van der Waals surface area contributed by atoms with Crippen LogP contribution in [0.25, 0.3) is 11.1 Å². The standard InChI is InChI=1S/C19H19N3O5/c1-4-7-22-16-6-5-12(10-17(16)27-19(22)24)20-18(23)21-13-8-14(25-2)11-15(9-13)26-3/h4-6,8-11H,1,7H2,2-3H3,(H2,20,21,23). The van der Waals surface area contributed by atoms with Gasteiger partial charge in [0.15, 0.2) is 5.58 Å². The number of nitrogens with one attached hydrogen (secondary N) is 2. The van der Waals surface area contributed by atoms with Gasteiger partial charge in [0.05, 0.1) is 19.7 Å². The van der Waals surface area contributed by atoms with Crippen molar-refractivity contribution >= 4 is 28.5 Å². The number of amides is 2. The molecule has 0 saturated heterocycles. The Morgan fingerprint density at radius 2 is 1.78 bits per heavy atom. The molecule has 27 heavy (non-hydrogen) atoms. The first kappa shape index (κ1) is 18.1. The van der Waals surface area contributed by atoms with Crippen molar-refractivity contribution in [2.75, 3.05) is 24.9 Å². The highest BCUT2D eigenvalue weighted by molar-refractivity contribution is 6.00. The second-order valence-corrected chi connectivity index (χ2v) is 5.63. The summed E-state index contributed by atoms with van der Waals surface area (Å²) in [7, 11) is 3.06. The van der Waals surface area contributed by atoms with Gasteiger partial charge in [-0.1, -0.05) is 6.08 Å². The average molecular weight is 369 g/mol. The zero-order valence-corrected chi connectivity index (χ0v) is 14.9. The van der Waals surface area contributed by atoms with E-state index in [0.717, 1.165) is 0 Å². The van der Waals surface area contributed by atoms with E-state index in [0.29, 0.717) is 40.5 Å². The maximum Gasteiger partial charge on any atom is 0.420 e. The summed E-state index contributed by atoms with van der Waals surface area (Å²) in [6, 6.07) is 9.54. The summed E-state index contributed by atoms with van der Waals surface area (Å²) < 4.78 is 17.0. The van der Waals surface area contributed by atoms with E-state index in [-0.39, 0.29) is 0 Å². The number of anilines is 2. The van der Waals surface area contributed by atoms with E-state index in [2.05, 4.69) is 17.2 Å². The van der Waals surface area contributed by atoms with Crippen molar-refractivity contribution in [1.82, 2.24) is 4.57 Å². The molecule has 0 aliphatic heterocycles. The molecule has 0 saturated carbocycles. The van der Waals surface area contributed by atoms with Gasteiger partial charge in [-0.2, -0.15) is 0 Å². The van der Waals surface area contributed by atoms with Crippen molar-refractivity contribution in [3.63, 3.8) is 0 Å². The number of methoxy groups -OCH3 is 2. The molecule has 0 atom stereocenters. The Bertz CT molecular complexity index is 1030. The molecule has 3 rings (SSSR count). The molecular formula is C19H19N3O5. The number of oxazole rings is 1. The molecule has 0 unspecified atom stereocenters. The lowest BCUT2D eigenvalue weighted by Crippen LogP contribution is -2.19. The summed E-state index contributed by atoms with van der Waals surface area (Å²) >= 11 is 0. The fourth-order valence-electron chi connectivity index (χ4n) is 2.62. The number of rotatable bonds is 6. The molecule has 0 spiro atoms. The maximum absolute atomic E-state index is 12.3. The lowest BCUT2D eigenvalue weighted by atomic mass is 10.2. The number of allylic oxidation sites excluding steroid dienone is 1. The molecule has 0 bridgehead atoms. The summed E-state index contributed by atoms with van der Waals surface area (Å²) in [5.41, 5.74) is 1.99. The van der Waals surface area contributed by atoms with Crippen LogP contribution in [0.2, 0.25) is 0 Å². The molecule has 1 heterocycles. The predicted octanol–water partition coefficient (Wildman–Crippen LogP) is 3.44. The molecular weight excluding hydrogens is 350 g/mol. The monoisotopic (exact) mass is 369 g/mol. The molecule has 8 heteroatoms. The highest BCUT2D eigenvalue weighted by Gasteiger charge is 2.11. The maximum atomic E-state index is 12.3. The van der Waals surface area contributed by atoms with E-state index in [4.69, 9.17) is 13.9 Å². The molecule has 2 aromatic carbocycles. The van der Waals surface area contributed by atoms with Crippen LogP contribution in [-0.4, -0.2) is 24.8 Å². The highest BCUT2D eigenvalue weighted by Crippen LogP contribution is 2.26. The summed E-state index contributed by atoms with van der Waals surface area (Å²) in [6.45, 7) is 3.96. The van der Waals surface area contributed by atoms with Gasteiger partial charge < -0.3 is 24.5 Å². The van der Waals surface area contributed by atoms with Gasteiger partial charge in [0.2, 0.25) is 0 Å². The number of aromatic nitrogens is 1. The highest BCUT2D eigenvalue weighted by atomic mass is 16.5. The van der Waals surface area contributed by atoms with Crippen LogP contribution >= 0.6 is 0 Å². The first-order chi connectivity index (χ1) is 13.0. The zero-order chi connectivity index (χ0) is 19.4. The zero-order valence-electron chi connectivity index (χ0n) is 14.9. The van der Waals surface area contributed by atoms with E-state index in [9.17, 15) is 9.59 Å². The summed E-state index contributed by atoms with van der Waals surface area (Å²) in [6.07, 6.45) is 1.61. The van der Waals surface area contributed by atoms with Crippen LogP contribution in [0.1, 0.15) is 0 Å². The molecule has 140 valence electrons. The van der Waals surface area contributed by atoms with Crippen LogP contribution in [-0.2, 0) is 6.54 Å². The largest absolute Gasteiger partial charge is 0.497 e. The quantitative estimate of drug-likeness (QED) is 0.649. The minimum atomic E-state index is -0.477. The Balaban J connectivity index is 1.78. The van der Waals surface area contributed by atoms with Gasteiger partial charge in [-0.05, 0) is 12.1 Å². The second-order valence-electron chi connectivity index (χ2n) is 5.63. The fourth-order valence-corrected chi connectivity index (χ4v) is 2.62. The van der Waals surface area contributed by atoms with E-state index in [1.807, 2.05) is 0 Å². The number of benzene rings is 2. The van der Waals surface area contributed by atoms with Gasteiger partial charge in [0.25, 0.3) is 0 Å². The van der Waals surface area contributed by atoms with Crippen LogP contribution in [0, 0.1) is 0 Å². The van der Waals surface area contributed by atoms with Gasteiger partial charge in [-0.3, -0.25) is 4.57 Å². The number of hydrogen-bond donors (Lipinski definition) is 2. The number of fused-ring (bicyclic) bond motifs is 1. The topological polar surface area (TPSA) is 94.7 Å². The van der Waals surface area contributed by atoms with Gasteiger partial charge in [-0.25, -0.2) is 9.59 Å². The third-order valence-electron chi connectivity index (χ3n) is 3.85. The van der Waals surface area contributed by atoms with Crippen LogP contribution in [0.15, 0.2) is 58.3 Å². The molecule has 2 amide bonds. The molecule has 0 fully saturated rings. The smallest absolute Gasteiger partial charge is 0.420 e. The van der Waals surface area contributed by atoms with Crippen molar-refractivity contribution in [1.29, 1.82) is 0 Å². The van der Waals surface area contributed by atoms with Crippen LogP contribution in [0.3, 0.4) is 0 Å². The summed E-state index contributed by atoms with van der Waals surface area (Å²) in [4.78, 5) is 24.1. The minimum Gasteiger partial charge on any atom is -0.497 e. The van der Waals surface area contributed by atoms with Gasteiger partial charge in [-0.15, -0.1) is 6.58 Å². The van der Waals surface area contributed by atoms with Gasteiger partial charge >= 0.3 is 11.8 Å². The van der Waals surface area contributed by atoms with Crippen molar-refractivity contribution < 1.29 is 18.7 Å². The van der Waals surface area contributed by atoms with E-state index in [1.54, 1.807) is 42.5 Å². The Morgan fingerprint density at radius 1 is 1.11 bits per heavy atom. The molecule has 0 aliphatic rings. The third kappa shape index (κ3) is 3.95. The first-order valence-electron chi connectivity index (χ1n) is 8.09. The van der Waals surface area contributed by atoms with E-state index in [1.165, 1.54) is 18.8 Å². The first-order valence-corrected chi connectivity index (χ1v) is 8.09. The number of carbonyl (C=O) groups excluding carboxylic acids is 1. The van der Waals surface area contributed by atoms with E-state index >= 15 is 0 Å². The lowest BCUT2D eigenvalue weighted by Gasteiger charge is -2.11. The van der Waals surface area contributed by atoms with E-state index < -0.39 is 11.8 Å². The Labute approximate surface area is 155 Å². The number of urea groups is 1. The number of carbonyl (C=O) groups is 1. The van der Waals surface area contributed by atoms with Crippen LogP contribution < -0.4 is 25.9 Å². The Morgan fingerprint density at radius 3 is 2.41 bits per heavy atom. The Hall–Kier alpha value is -3.68. The second kappa shape index (κ2) is 7.69. The summed E-state index contributed by atoms with van der Waals surface area (Å²) in [5, 5.41) is 5.40. The average Bonchev–Trinajstić information content (AvgIpc) is 2.96.